The zero-order chi connectivity index (χ0) is 14.0. The zero-order valence-corrected chi connectivity index (χ0v) is 11.9. The minimum absolute atomic E-state index is 0.182. The number of nitrogens with zero attached hydrogens (tertiary/aromatic N) is 1. The summed E-state index contributed by atoms with van der Waals surface area (Å²) in [4.78, 5) is 4.38. The molecule has 2 unspecified atom stereocenters. The van der Waals surface area contributed by atoms with Gasteiger partial charge in [0.2, 0.25) is 0 Å². The van der Waals surface area contributed by atoms with Gasteiger partial charge in [0.05, 0.1) is 17.2 Å². The molecule has 0 aliphatic heterocycles. The van der Waals surface area contributed by atoms with Gasteiger partial charge in [-0.1, -0.05) is 18.2 Å². The molecule has 1 aromatic carbocycles. The quantitative estimate of drug-likeness (QED) is 0.932. The van der Waals surface area contributed by atoms with Gasteiger partial charge in [-0.05, 0) is 37.0 Å². The fraction of sp³-hybridized carbons (Fsp3) is 0.471. The average molecular weight is 271 g/mol. The fourth-order valence-electron chi connectivity index (χ4n) is 3.31. The van der Waals surface area contributed by atoms with E-state index in [2.05, 4.69) is 11.1 Å². The van der Waals surface area contributed by atoms with E-state index in [4.69, 9.17) is 4.74 Å². The Balaban J connectivity index is 1.89. The number of benzene rings is 1. The van der Waals surface area contributed by atoms with Crippen molar-refractivity contribution in [3.8, 4) is 0 Å². The second-order valence-electron chi connectivity index (χ2n) is 5.84. The number of para-hydroxylation sites is 1. The second-order valence-corrected chi connectivity index (χ2v) is 5.84. The molecule has 2 aromatic rings. The maximum Gasteiger partial charge on any atom is 0.0712 e. The van der Waals surface area contributed by atoms with Crippen molar-refractivity contribution < 1.29 is 9.84 Å². The van der Waals surface area contributed by atoms with Gasteiger partial charge in [0.15, 0.2) is 0 Å². The summed E-state index contributed by atoms with van der Waals surface area (Å²) in [6, 6.07) is 10.1. The number of rotatable bonds is 3. The summed E-state index contributed by atoms with van der Waals surface area (Å²) in [5, 5.41) is 12.0. The highest BCUT2D eigenvalue weighted by Crippen LogP contribution is 2.34. The van der Waals surface area contributed by atoms with E-state index in [-0.39, 0.29) is 6.10 Å². The van der Waals surface area contributed by atoms with Crippen LogP contribution in [0.2, 0.25) is 0 Å². The number of aliphatic hydroxyl groups is 1. The topological polar surface area (TPSA) is 42.4 Å². The van der Waals surface area contributed by atoms with Crippen molar-refractivity contribution in [3.05, 3.63) is 42.1 Å². The third-order valence-corrected chi connectivity index (χ3v) is 4.37. The lowest BCUT2D eigenvalue weighted by molar-refractivity contribution is -0.0579. The molecular weight excluding hydrogens is 250 g/mol. The number of fused-ring (bicyclic) bond motifs is 1. The molecule has 1 N–H and O–H groups in total. The standard InChI is InChI=1S/C17H21NO2/c1-20-14-5-4-9-17(19,12-14)11-13-8-10-18-16-7-3-2-6-15(13)16/h2-3,6-8,10,14,19H,4-5,9,11-12H2,1H3. The lowest BCUT2D eigenvalue weighted by atomic mass is 9.78. The average Bonchev–Trinajstić information content (AvgIpc) is 2.47. The molecule has 1 aliphatic carbocycles. The number of pyridine rings is 1. The van der Waals surface area contributed by atoms with E-state index in [1.807, 2.05) is 30.5 Å². The molecule has 3 rings (SSSR count). The molecule has 0 saturated heterocycles. The Labute approximate surface area is 119 Å². The number of hydrogen-bond donors (Lipinski definition) is 1. The summed E-state index contributed by atoms with van der Waals surface area (Å²) in [6.45, 7) is 0. The highest BCUT2D eigenvalue weighted by Gasteiger charge is 2.34. The summed E-state index contributed by atoms with van der Waals surface area (Å²) < 4.78 is 5.44. The largest absolute Gasteiger partial charge is 0.389 e. The number of aromatic nitrogens is 1. The van der Waals surface area contributed by atoms with Crippen LogP contribution in [-0.4, -0.2) is 28.9 Å². The van der Waals surface area contributed by atoms with Gasteiger partial charge < -0.3 is 9.84 Å². The Hall–Kier alpha value is -1.45. The van der Waals surface area contributed by atoms with Crippen molar-refractivity contribution in [2.75, 3.05) is 7.11 Å². The Morgan fingerprint density at radius 3 is 3.05 bits per heavy atom. The van der Waals surface area contributed by atoms with Crippen molar-refractivity contribution in [2.45, 2.75) is 43.8 Å². The first kappa shape index (κ1) is 13.5. The van der Waals surface area contributed by atoms with Gasteiger partial charge in [-0.15, -0.1) is 0 Å². The van der Waals surface area contributed by atoms with Gasteiger partial charge in [-0.3, -0.25) is 4.98 Å². The lowest BCUT2D eigenvalue weighted by Gasteiger charge is -2.36. The molecule has 3 heteroatoms. The predicted molar refractivity (Wildman–Crippen MR) is 79.7 cm³/mol. The molecule has 1 heterocycles. The monoisotopic (exact) mass is 271 g/mol. The van der Waals surface area contributed by atoms with E-state index < -0.39 is 5.60 Å². The second kappa shape index (κ2) is 5.51. The van der Waals surface area contributed by atoms with Crippen LogP contribution in [0.5, 0.6) is 0 Å². The SMILES string of the molecule is COC1CCCC(O)(Cc2ccnc3ccccc23)C1. The van der Waals surface area contributed by atoms with Gasteiger partial charge in [-0.2, -0.15) is 0 Å². The first-order chi connectivity index (χ1) is 9.70. The molecule has 1 aromatic heterocycles. The molecular formula is C17H21NO2. The highest BCUT2D eigenvalue weighted by molar-refractivity contribution is 5.81. The normalized spacial score (nSPS) is 26.8. The zero-order valence-electron chi connectivity index (χ0n) is 11.9. The third-order valence-electron chi connectivity index (χ3n) is 4.37. The molecule has 0 bridgehead atoms. The van der Waals surface area contributed by atoms with Crippen LogP contribution < -0.4 is 0 Å². The molecule has 1 saturated carbocycles. The summed E-state index contributed by atoms with van der Waals surface area (Å²) in [7, 11) is 1.73. The van der Waals surface area contributed by atoms with Crippen LogP contribution in [0.4, 0.5) is 0 Å². The maximum atomic E-state index is 10.9. The molecule has 106 valence electrons. The van der Waals surface area contributed by atoms with Gasteiger partial charge in [0.25, 0.3) is 0 Å². The molecule has 0 radical (unpaired) electrons. The summed E-state index contributed by atoms with van der Waals surface area (Å²) >= 11 is 0. The molecule has 20 heavy (non-hydrogen) atoms. The van der Waals surface area contributed by atoms with E-state index in [0.717, 1.165) is 36.6 Å². The summed E-state index contributed by atoms with van der Waals surface area (Å²) in [6.07, 6.45) is 6.34. The van der Waals surface area contributed by atoms with Crippen LogP contribution in [0.25, 0.3) is 10.9 Å². The Morgan fingerprint density at radius 2 is 2.20 bits per heavy atom. The van der Waals surface area contributed by atoms with E-state index >= 15 is 0 Å². The Morgan fingerprint density at radius 1 is 1.35 bits per heavy atom. The van der Waals surface area contributed by atoms with Gasteiger partial charge >= 0.3 is 0 Å². The first-order valence-corrected chi connectivity index (χ1v) is 7.28. The molecule has 0 spiro atoms. The van der Waals surface area contributed by atoms with Gasteiger partial charge in [-0.25, -0.2) is 0 Å². The lowest BCUT2D eigenvalue weighted by Crippen LogP contribution is -2.40. The van der Waals surface area contributed by atoms with Crippen LogP contribution >= 0.6 is 0 Å². The van der Waals surface area contributed by atoms with Crippen LogP contribution in [0.15, 0.2) is 36.5 Å². The Bertz CT molecular complexity index is 593. The van der Waals surface area contributed by atoms with Crippen molar-refractivity contribution in [1.29, 1.82) is 0 Å². The Kier molecular flexibility index (Phi) is 3.72. The summed E-state index contributed by atoms with van der Waals surface area (Å²) in [5.74, 6) is 0. The number of hydrogen-bond acceptors (Lipinski definition) is 3. The van der Waals surface area contributed by atoms with Crippen LogP contribution in [0.1, 0.15) is 31.2 Å². The highest BCUT2D eigenvalue weighted by atomic mass is 16.5. The van der Waals surface area contributed by atoms with Crippen molar-refractivity contribution in [1.82, 2.24) is 4.98 Å². The van der Waals surface area contributed by atoms with Crippen molar-refractivity contribution in [3.63, 3.8) is 0 Å². The minimum atomic E-state index is -0.650. The van der Waals surface area contributed by atoms with E-state index in [1.165, 1.54) is 5.56 Å². The van der Waals surface area contributed by atoms with Crippen molar-refractivity contribution in [2.24, 2.45) is 0 Å². The van der Waals surface area contributed by atoms with E-state index in [0.29, 0.717) is 6.42 Å². The smallest absolute Gasteiger partial charge is 0.0712 e. The molecule has 3 nitrogen and oxygen atoms in total. The third kappa shape index (κ3) is 2.69. The summed E-state index contributed by atoms with van der Waals surface area (Å²) in [5.41, 5.74) is 1.52. The molecule has 1 aliphatic rings. The molecule has 0 amide bonds. The minimum Gasteiger partial charge on any atom is -0.389 e. The molecule has 1 fully saturated rings. The van der Waals surface area contributed by atoms with Gasteiger partial charge in [0.1, 0.15) is 0 Å². The van der Waals surface area contributed by atoms with Crippen LogP contribution in [-0.2, 0) is 11.2 Å². The van der Waals surface area contributed by atoms with E-state index in [1.54, 1.807) is 7.11 Å². The number of methoxy groups -OCH3 is 1. The molecule has 2 atom stereocenters. The maximum absolute atomic E-state index is 10.9. The first-order valence-electron chi connectivity index (χ1n) is 7.28. The number of ether oxygens (including phenoxy) is 1. The van der Waals surface area contributed by atoms with Crippen LogP contribution in [0.3, 0.4) is 0 Å². The fourth-order valence-corrected chi connectivity index (χ4v) is 3.31. The van der Waals surface area contributed by atoms with Crippen molar-refractivity contribution >= 4 is 10.9 Å². The van der Waals surface area contributed by atoms with Gasteiger partial charge in [0, 0.05) is 31.5 Å². The predicted octanol–water partition coefficient (Wildman–Crippen LogP) is 3.10. The van der Waals surface area contributed by atoms with E-state index in [9.17, 15) is 5.11 Å². The van der Waals surface area contributed by atoms with Crippen LogP contribution in [0, 0.1) is 0 Å².